The first-order chi connectivity index (χ1) is 13.6. The number of amides is 1. The zero-order valence-electron chi connectivity index (χ0n) is 15.7. The monoisotopic (exact) mass is 431 g/mol. The Balaban J connectivity index is 2.06. The van der Waals surface area contributed by atoms with E-state index < -0.39 is 17.3 Å². The van der Waals surface area contributed by atoms with E-state index >= 15 is 0 Å². The molecule has 29 heavy (non-hydrogen) atoms. The SMILES string of the molecule is COC(=O)c1ccc(N2C(=S)N(c3ccc(C#N)c(Cl)c3)C(=O)C2(C)C)cc1F. The molecule has 0 radical (unpaired) electrons. The van der Waals surface area contributed by atoms with Gasteiger partial charge in [-0.1, -0.05) is 11.6 Å². The topological polar surface area (TPSA) is 73.6 Å². The molecule has 0 aromatic heterocycles. The van der Waals surface area contributed by atoms with Crippen molar-refractivity contribution in [3.63, 3.8) is 0 Å². The van der Waals surface area contributed by atoms with Gasteiger partial charge in [-0.2, -0.15) is 5.26 Å². The highest BCUT2D eigenvalue weighted by atomic mass is 35.5. The first-order valence-corrected chi connectivity index (χ1v) is 9.18. The molecule has 1 fully saturated rings. The summed E-state index contributed by atoms with van der Waals surface area (Å²) in [5.74, 6) is -1.94. The molecule has 0 bridgehead atoms. The Morgan fingerprint density at radius 3 is 2.45 bits per heavy atom. The zero-order chi connectivity index (χ0) is 21.5. The van der Waals surface area contributed by atoms with Crippen LogP contribution in [0.25, 0.3) is 0 Å². The number of nitrogens with zero attached hydrogens (tertiary/aromatic N) is 3. The van der Waals surface area contributed by atoms with Gasteiger partial charge >= 0.3 is 5.97 Å². The van der Waals surface area contributed by atoms with E-state index in [0.29, 0.717) is 11.4 Å². The van der Waals surface area contributed by atoms with E-state index in [-0.39, 0.29) is 27.2 Å². The summed E-state index contributed by atoms with van der Waals surface area (Å²) >= 11 is 11.6. The van der Waals surface area contributed by atoms with Crippen LogP contribution >= 0.6 is 23.8 Å². The lowest BCUT2D eigenvalue weighted by molar-refractivity contribution is -0.120. The predicted octanol–water partition coefficient (Wildman–Crippen LogP) is 4.05. The average molecular weight is 432 g/mol. The van der Waals surface area contributed by atoms with E-state index in [0.717, 1.165) is 13.2 Å². The summed E-state index contributed by atoms with van der Waals surface area (Å²) in [6.45, 7) is 3.30. The number of benzene rings is 2. The highest BCUT2D eigenvalue weighted by Gasteiger charge is 2.50. The van der Waals surface area contributed by atoms with Crippen molar-refractivity contribution in [1.82, 2.24) is 0 Å². The number of hydrogen-bond acceptors (Lipinski definition) is 5. The van der Waals surface area contributed by atoms with Gasteiger partial charge in [0.1, 0.15) is 17.4 Å². The maximum Gasteiger partial charge on any atom is 0.340 e. The molecule has 0 saturated carbocycles. The summed E-state index contributed by atoms with van der Waals surface area (Å²) in [6, 6.07) is 10.4. The lowest BCUT2D eigenvalue weighted by Crippen LogP contribution is -2.44. The number of methoxy groups -OCH3 is 1. The number of carbonyl (C=O) groups excluding carboxylic acids is 2. The maximum absolute atomic E-state index is 14.5. The Kier molecular flexibility index (Phi) is 5.30. The van der Waals surface area contributed by atoms with Gasteiger partial charge in [0.05, 0.1) is 28.9 Å². The van der Waals surface area contributed by atoms with Crippen LogP contribution in [-0.2, 0) is 9.53 Å². The van der Waals surface area contributed by atoms with Crippen LogP contribution < -0.4 is 9.80 Å². The summed E-state index contributed by atoms with van der Waals surface area (Å²) in [4.78, 5) is 27.5. The first kappa shape index (κ1) is 20.7. The minimum absolute atomic E-state index is 0.117. The summed E-state index contributed by atoms with van der Waals surface area (Å²) in [6.07, 6.45) is 0. The van der Waals surface area contributed by atoms with E-state index in [1.165, 1.54) is 34.1 Å². The van der Waals surface area contributed by atoms with Crippen molar-refractivity contribution in [2.45, 2.75) is 19.4 Å². The quantitative estimate of drug-likeness (QED) is 0.539. The number of thiocarbonyl (C=S) groups is 1. The Bertz CT molecular complexity index is 1100. The lowest BCUT2D eigenvalue weighted by atomic mass is 10.0. The third-order valence-electron chi connectivity index (χ3n) is 4.62. The summed E-state index contributed by atoms with van der Waals surface area (Å²) < 4.78 is 19.0. The fourth-order valence-electron chi connectivity index (χ4n) is 3.11. The van der Waals surface area contributed by atoms with Gasteiger partial charge in [-0.05, 0) is 62.5 Å². The molecule has 0 aliphatic carbocycles. The number of esters is 1. The van der Waals surface area contributed by atoms with Crippen molar-refractivity contribution < 1.29 is 18.7 Å². The van der Waals surface area contributed by atoms with Crippen molar-refractivity contribution >= 4 is 52.2 Å². The molecule has 0 spiro atoms. The van der Waals surface area contributed by atoms with Crippen LogP contribution in [0.4, 0.5) is 15.8 Å². The van der Waals surface area contributed by atoms with Crippen LogP contribution in [0.1, 0.15) is 29.8 Å². The molecular formula is C20H15ClFN3O3S. The minimum atomic E-state index is -1.13. The van der Waals surface area contributed by atoms with E-state index in [2.05, 4.69) is 4.74 Å². The number of hydrogen-bond donors (Lipinski definition) is 0. The highest BCUT2D eigenvalue weighted by Crippen LogP contribution is 2.37. The first-order valence-electron chi connectivity index (χ1n) is 8.39. The fraction of sp³-hybridized carbons (Fsp3) is 0.200. The minimum Gasteiger partial charge on any atom is -0.465 e. The standard InChI is InChI=1S/C20H15ClFN3O3S/c1-20(2)18(27)24(12-5-4-11(10-23)15(21)8-12)19(29)25(20)13-6-7-14(16(22)9-13)17(26)28-3/h4-9H,1-3H3. The molecule has 2 aromatic rings. The van der Waals surface area contributed by atoms with Gasteiger partial charge in [-0.3, -0.25) is 9.69 Å². The number of halogens is 2. The Morgan fingerprint density at radius 1 is 1.24 bits per heavy atom. The molecule has 6 nitrogen and oxygen atoms in total. The second-order valence-corrected chi connectivity index (χ2v) is 7.52. The van der Waals surface area contributed by atoms with Crippen LogP contribution in [0, 0.1) is 17.1 Å². The molecule has 0 unspecified atom stereocenters. The molecule has 1 heterocycles. The van der Waals surface area contributed by atoms with Crippen molar-refractivity contribution in [2.75, 3.05) is 16.9 Å². The zero-order valence-corrected chi connectivity index (χ0v) is 17.3. The second kappa shape index (κ2) is 7.43. The Hall–Kier alpha value is -3.02. The summed E-state index contributed by atoms with van der Waals surface area (Å²) in [5.41, 5.74) is -0.380. The second-order valence-electron chi connectivity index (χ2n) is 6.75. The number of ether oxygens (including phenoxy) is 1. The van der Waals surface area contributed by atoms with Crippen molar-refractivity contribution in [2.24, 2.45) is 0 Å². The molecular weight excluding hydrogens is 417 g/mol. The molecule has 1 saturated heterocycles. The third kappa shape index (κ3) is 3.33. The van der Waals surface area contributed by atoms with Gasteiger partial charge in [-0.15, -0.1) is 0 Å². The third-order valence-corrected chi connectivity index (χ3v) is 5.29. The summed E-state index contributed by atoms with van der Waals surface area (Å²) in [7, 11) is 1.16. The van der Waals surface area contributed by atoms with Crippen molar-refractivity contribution in [3.05, 3.63) is 58.4 Å². The average Bonchev–Trinajstić information content (AvgIpc) is 2.85. The van der Waals surface area contributed by atoms with Gasteiger partial charge in [-0.25, -0.2) is 9.18 Å². The molecule has 9 heteroatoms. The van der Waals surface area contributed by atoms with Crippen LogP contribution in [0.5, 0.6) is 0 Å². The van der Waals surface area contributed by atoms with Crippen molar-refractivity contribution in [3.8, 4) is 6.07 Å². The van der Waals surface area contributed by atoms with Gasteiger partial charge < -0.3 is 9.64 Å². The molecule has 148 valence electrons. The van der Waals surface area contributed by atoms with E-state index in [4.69, 9.17) is 29.1 Å². The molecule has 0 atom stereocenters. The van der Waals surface area contributed by atoms with Gasteiger partial charge in [0.25, 0.3) is 5.91 Å². The molecule has 1 aliphatic heterocycles. The molecule has 0 N–H and O–H groups in total. The van der Waals surface area contributed by atoms with E-state index in [9.17, 15) is 14.0 Å². The van der Waals surface area contributed by atoms with Crippen LogP contribution in [-0.4, -0.2) is 29.6 Å². The smallest absolute Gasteiger partial charge is 0.340 e. The summed E-state index contributed by atoms with van der Waals surface area (Å²) in [5, 5.41) is 9.34. The largest absolute Gasteiger partial charge is 0.465 e. The highest BCUT2D eigenvalue weighted by molar-refractivity contribution is 7.81. The van der Waals surface area contributed by atoms with Crippen LogP contribution in [0.3, 0.4) is 0 Å². The predicted molar refractivity (Wildman–Crippen MR) is 111 cm³/mol. The number of rotatable bonds is 3. The normalized spacial score (nSPS) is 15.4. The lowest BCUT2D eigenvalue weighted by Gasteiger charge is -2.29. The van der Waals surface area contributed by atoms with E-state index in [1.807, 2.05) is 6.07 Å². The maximum atomic E-state index is 14.5. The van der Waals surface area contributed by atoms with Gasteiger partial charge in [0.2, 0.25) is 0 Å². The van der Waals surface area contributed by atoms with Crippen LogP contribution in [0.2, 0.25) is 5.02 Å². The molecule has 1 aliphatic rings. The molecule has 1 amide bonds. The fourth-order valence-corrected chi connectivity index (χ4v) is 3.85. The van der Waals surface area contributed by atoms with Crippen LogP contribution in [0.15, 0.2) is 36.4 Å². The Labute approximate surface area is 177 Å². The Morgan fingerprint density at radius 2 is 1.90 bits per heavy atom. The molecule has 3 rings (SSSR count). The van der Waals surface area contributed by atoms with E-state index in [1.54, 1.807) is 19.9 Å². The number of carbonyl (C=O) groups is 2. The van der Waals surface area contributed by atoms with Gasteiger partial charge in [0.15, 0.2) is 5.11 Å². The number of anilines is 2. The molecule has 2 aromatic carbocycles. The number of nitriles is 1. The van der Waals surface area contributed by atoms with Crippen molar-refractivity contribution in [1.29, 1.82) is 5.26 Å². The van der Waals surface area contributed by atoms with Gasteiger partial charge in [0, 0.05) is 5.69 Å².